The number of aryl methyl sites for hydroxylation is 1. The predicted octanol–water partition coefficient (Wildman–Crippen LogP) is 2.89. The Hall–Kier alpha value is -0.830. The normalized spacial score (nSPS) is 10.8. The molecule has 2 aromatic heterocycles. The van der Waals surface area contributed by atoms with Crippen molar-refractivity contribution in [3.8, 4) is 0 Å². The van der Waals surface area contributed by atoms with Gasteiger partial charge in [0.1, 0.15) is 5.65 Å². The number of pyridine rings is 1. The summed E-state index contributed by atoms with van der Waals surface area (Å²) in [6.45, 7) is 2.12. The molecule has 0 fully saturated rings. The van der Waals surface area contributed by atoms with Gasteiger partial charge in [-0.15, -0.1) is 0 Å². The van der Waals surface area contributed by atoms with Gasteiger partial charge in [0.25, 0.3) is 0 Å². The minimum atomic E-state index is 0.968. The molecule has 0 spiro atoms. The standard InChI is InChI=1S/C9H9BrN2/c1-2-8-4-6-3-7(10)5-11-9(6)12-8/h3-5H,2H2,1H3,(H,11,12). The summed E-state index contributed by atoms with van der Waals surface area (Å²) in [5, 5.41) is 1.17. The van der Waals surface area contributed by atoms with Crippen LogP contribution in [0.4, 0.5) is 0 Å². The second-order valence-electron chi connectivity index (χ2n) is 2.74. The van der Waals surface area contributed by atoms with E-state index in [0.29, 0.717) is 0 Å². The monoisotopic (exact) mass is 224 g/mol. The Labute approximate surface area is 79.1 Å². The van der Waals surface area contributed by atoms with Gasteiger partial charge in [-0.1, -0.05) is 6.92 Å². The van der Waals surface area contributed by atoms with Gasteiger partial charge in [0.05, 0.1) is 0 Å². The van der Waals surface area contributed by atoms with Crippen LogP contribution in [0.25, 0.3) is 11.0 Å². The van der Waals surface area contributed by atoms with Gasteiger partial charge in [0.15, 0.2) is 0 Å². The van der Waals surface area contributed by atoms with Gasteiger partial charge in [-0.3, -0.25) is 0 Å². The number of H-pyrrole nitrogens is 1. The highest BCUT2D eigenvalue weighted by atomic mass is 79.9. The van der Waals surface area contributed by atoms with Gasteiger partial charge in [-0.25, -0.2) is 4.98 Å². The first-order chi connectivity index (χ1) is 5.79. The number of nitrogens with one attached hydrogen (secondary N) is 1. The molecule has 2 aromatic rings. The van der Waals surface area contributed by atoms with E-state index >= 15 is 0 Å². The Morgan fingerprint density at radius 3 is 3.08 bits per heavy atom. The lowest BCUT2D eigenvalue weighted by Gasteiger charge is -1.88. The van der Waals surface area contributed by atoms with Crippen LogP contribution in [0.5, 0.6) is 0 Å². The fraction of sp³-hybridized carbons (Fsp3) is 0.222. The second-order valence-corrected chi connectivity index (χ2v) is 3.66. The highest BCUT2D eigenvalue weighted by Gasteiger charge is 1.99. The van der Waals surface area contributed by atoms with E-state index < -0.39 is 0 Å². The zero-order chi connectivity index (χ0) is 8.55. The molecule has 0 atom stereocenters. The number of rotatable bonds is 1. The Bertz CT molecular complexity index is 406. The summed E-state index contributed by atoms with van der Waals surface area (Å²) in [4.78, 5) is 7.49. The summed E-state index contributed by atoms with van der Waals surface area (Å²) in [7, 11) is 0. The van der Waals surface area contributed by atoms with Gasteiger partial charge >= 0.3 is 0 Å². The molecule has 62 valence electrons. The molecule has 0 aromatic carbocycles. The van der Waals surface area contributed by atoms with Crippen molar-refractivity contribution in [1.82, 2.24) is 9.97 Å². The molecule has 12 heavy (non-hydrogen) atoms. The lowest BCUT2D eigenvalue weighted by molar-refractivity contribution is 1.07. The third kappa shape index (κ3) is 1.25. The Kier molecular flexibility index (Phi) is 1.89. The van der Waals surface area contributed by atoms with Crippen LogP contribution in [0.1, 0.15) is 12.6 Å². The van der Waals surface area contributed by atoms with Crippen molar-refractivity contribution in [2.45, 2.75) is 13.3 Å². The summed E-state index contributed by atoms with van der Waals surface area (Å²) in [6.07, 6.45) is 2.83. The molecule has 0 unspecified atom stereocenters. The van der Waals surface area contributed by atoms with E-state index in [1.165, 1.54) is 11.1 Å². The second kappa shape index (κ2) is 2.90. The van der Waals surface area contributed by atoms with Gasteiger partial charge in [-0.2, -0.15) is 0 Å². The van der Waals surface area contributed by atoms with Crippen molar-refractivity contribution < 1.29 is 0 Å². The van der Waals surface area contributed by atoms with E-state index in [4.69, 9.17) is 0 Å². The zero-order valence-electron chi connectivity index (χ0n) is 6.76. The van der Waals surface area contributed by atoms with E-state index in [1.807, 2.05) is 0 Å². The van der Waals surface area contributed by atoms with Crippen molar-refractivity contribution in [3.63, 3.8) is 0 Å². The van der Waals surface area contributed by atoms with Crippen LogP contribution in [0.2, 0.25) is 0 Å². The van der Waals surface area contributed by atoms with Crippen LogP contribution in [-0.4, -0.2) is 9.97 Å². The van der Waals surface area contributed by atoms with Crippen molar-refractivity contribution in [2.75, 3.05) is 0 Å². The Balaban J connectivity index is 2.67. The van der Waals surface area contributed by atoms with Crippen LogP contribution < -0.4 is 0 Å². The maximum absolute atomic E-state index is 4.25. The van der Waals surface area contributed by atoms with Gasteiger partial charge in [-0.05, 0) is 34.5 Å². The molecule has 0 saturated carbocycles. The first kappa shape index (κ1) is 7.80. The van der Waals surface area contributed by atoms with Gasteiger partial charge in [0.2, 0.25) is 0 Å². The molecular weight excluding hydrogens is 216 g/mol. The fourth-order valence-electron chi connectivity index (χ4n) is 1.24. The molecular formula is C9H9BrN2. The zero-order valence-corrected chi connectivity index (χ0v) is 8.35. The van der Waals surface area contributed by atoms with E-state index in [2.05, 4.69) is 45.0 Å². The van der Waals surface area contributed by atoms with E-state index in [-0.39, 0.29) is 0 Å². The van der Waals surface area contributed by atoms with Gasteiger partial charge < -0.3 is 4.98 Å². The van der Waals surface area contributed by atoms with Gasteiger partial charge in [0, 0.05) is 21.7 Å². The van der Waals surface area contributed by atoms with E-state index in [9.17, 15) is 0 Å². The third-order valence-corrected chi connectivity index (χ3v) is 2.31. The summed E-state index contributed by atoms with van der Waals surface area (Å²) in [6, 6.07) is 4.20. The largest absolute Gasteiger partial charge is 0.343 e. The molecule has 0 aliphatic heterocycles. The Morgan fingerprint density at radius 2 is 2.33 bits per heavy atom. The van der Waals surface area contributed by atoms with E-state index in [1.54, 1.807) is 6.20 Å². The van der Waals surface area contributed by atoms with Crippen LogP contribution in [0.3, 0.4) is 0 Å². The minimum Gasteiger partial charge on any atom is -0.343 e. The average Bonchev–Trinajstić information content (AvgIpc) is 2.46. The molecule has 2 rings (SSSR count). The average molecular weight is 225 g/mol. The summed E-state index contributed by atoms with van der Waals surface area (Å²) in [5.41, 5.74) is 2.20. The van der Waals surface area contributed by atoms with Crippen molar-refractivity contribution in [3.05, 3.63) is 28.5 Å². The number of aromatic nitrogens is 2. The third-order valence-electron chi connectivity index (χ3n) is 1.87. The molecule has 0 radical (unpaired) electrons. The number of aromatic amines is 1. The first-order valence-corrected chi connectivity index (χ1v) is 4.72. The summed E-state index contributed by atoms with van der Waals surface area (Å²) >= 11 is 3.39. The summed E-state index contributed by atoms with van der Waals surface area (Å²) in [5.74, 6) is 0. The number of halogens is 1. The predicted molar refractivity (Wildman–Crippen MR) is 53.2 cm³/mol. The van der Waals surface area contributed by atoms with Crippen molar-refractivity contribution in [1.29, 1.82) is 0 Å². The number of hydrogen-bond donors (Lipinski definition) is 1. The number of fused-ring (bicyclic) bond motifs is 1. The smallest absolute Gasteiger partial charge is 0.137 e. The van der Waals surface area contributed by atoms with Crippen molar-refractivity contribution >= 4 is 27.0 Å². The molecule has 0 aliphatic rings. The molecule has 1 N–H and O–H groups in total. The quantitative estimate of drug-likeness (QED) is 0.794. The van der Waals surface area contributed by atoms with Crippen LogP contribution in [0.15, 0.2) is 22.8 Å². The van der Waals surface area contributed by atoms with E-state index in [0.717, 1.165) is 16.5 Å². The van der Waals surface area contributed by atoms with Crippen LogP contribution in [-0.2, 0) is 6.42 Å². The Morgan fingerprint density at radius 1 is 1.50 bits per heavy atom. The molecule has 2 heterocycles. The van der Waals surface area contributed by atoms with Crippen molar-refractivity contribution in [2.24, 2.45) is 0 Å². The highest BCUT2D eigenvalue weighted by molar-refractivity contribution is 9.10. The molecule has 2 nitrogen and oxygen atoms in total. The highest BCUT2D eigenvalue weighted by Crippen LogP contribution is 2.17. The lowest BCUT2D eigenvalue weighted by Crippen LogP contribution is -1.77. The summed E-state index contributed by atoms with van der Waals surface area (Å²) < 4.78 is 1.02. The molecule has 3 heteroatoms. The SMILES string of the molecule is CCc1cc2cc(Br)cnc2[nH]1. The molecule has 0 amide bonds. The van der Waals surface area contributed by atoms with Crippen LogP contribution >= 0.6 is 15.9 Å². The molecule has 0 bridgehead atoms. The maximum Gasteiger partial charge on any atom is 0.137 e. The fourth-order valence-corrected chi connectivity index (χ4v) is 1.58. The minimum absolute atomic E-state index is 0.968. The maximum atomic E-state index is 4.25. The number of nitrogens with zero attached hydrogens (tertiary/aromatic N) is 1. The molecule has 0 aliphatic carbocycles. The number of hydrogen-bond acceptors (Lipinski definition) is 1. The molecule has 0 saturated heterocycles. The topological polar surface area (TPSA) is 28.7 Å². The lowest BCUT2D eigenvalue weighted by atomic mass is 10.3. The first-order valence-electron chi connectivity index (χ1n) is 3.92. The van der Waals surface area contributed by atoms with Crippen LogP contribution in [0, 0.1) is 0 Å².